The molecule has 1 rings (SSSR count). The summed E-state index contributed by atoms with van der Waals surface area (Å²) in [5.41, 5.74) is 0.314. The van der Waals surface area contributed by atoms with Gasteiger partial charge in [-0.05, 0) is 30.9 Å². The Bertz CT molecular complexity index is 632. The molecule has 1 aromatic rings. The Kier molecular flexibility index (Phi) is 13.4. The molecule has 0 saturated heterocycles. The van der Waals surface area contributed by atoms with Crippen molar-refractivity contribution in [2.75, 3.05) is 27.9 Å². The fourth-order valence-corrected chi connectivity index (χ4v) is 3.50. The molecule has 0 bridgehead atoms. The molecule has 0 N–H and O–H groups in total. The van der Waals surface area contributed by atoms with Crippen LogP contribution in [-0.4, -0.2) is 40.2 Å². The lowest BCUT2D eigenvalue weighted by molar-refractivity contribution is -0.111. The second kappa shape index (κ2) is 15.5. The Morgan fingerprint density at radius 3 is 2.00 bits per heavy atom. The first kappa shape index (κ1) is 26.8. The lowest BCUT2D eigenvalue weighted by Crippen LogP contribution is -2.12. The van der Waals surface area contributed by atoms with Gasteiger partial charge in [0, 0.05) is 5.92 Å². The highest BCUT2D eigenvalue weighted by Gasteiger charge is 2.18. The van der Waals surface area contributed by atoms with E-state index in [0.29, 0.717) is 29.2 Å². The molecule has 1 aromatic carbocycles. The average Bonchev–Trinajstić information content (AvgIpc) is 2.80. The summed E-state index contributed by atoms with van der Waals surface area (Å²) in [4.78, 5) is 23.8. The Morgan fingerprint density at radius 2 is 1.48 bits per heavy atom. The fourth-order valence-electron chi connectivity index (χ4n) is 3.50. The first-order valence-electron chi connectivity index (χ1n) is 11.4. The van der Waals surface area contributed by atoms with Crippen LogP contribution in [-0.2, 0) is 9.53 Å². The normalized spacial score (nSPS) is 12.7. The summed E-state index contributed by atoms with van der Waals surface area (Å²) in [6, 6.07) is 3.12. The Hall–Kier alpha value is -2.24. The van der Waals surface area contributed by atoms with Crippen LogP contribution in [0.25, 0.3) is 0 Å². The molecule has 6 heteroatoms. The molecule has 2 atom stereocenters. The summed E-state index contributed by atoms with van der Waals surface area (Å²) in [5, 5.41) is 0. The van der Waals surface area contributed by atoms with Gasteiger partial charge in [0.25, 0.3) is 0 Å². The molecule has 0 aromatic heterocycles. The van der Waals surface area contributed by atoms with Crippen LogP contribution in [0, 0.1) is 11.8 Å². The van der Waals surface area contributed by atoms with E-state index < -0.39 is 5.97 Å². The van der Waals surface area contributed by atoms with Gasteiger partial charge in [-0.25, -0.2) is 4.79 Å². The SMILES string of the molecule is CCC(C)CCCCCCCC(C=O)CCOC(=O)c1cc(OC)c(OC)c(OC)c1. The van der Waals surface area contributed by atoms with E-state index in [9.17, 15) is 9.59 Å². The number of esters is 1. The van der Waals surface area contributed by atoms with Crippen molar-refractivity contribution in [2.24, 2.45) is 11.8 Å². The van der Waals surface area contributed by atoms with Gasteiger partial charge in [-0.15, -0.1) is 0 Å². The van der Waals surface area contributed by atoms with Gasteiger partial charge in [0.15, 0.2) is 11.5 Å². The Labute approximate surface area is 187 Å². The summed E-state index contributed by atoms with van der Waals surface area (Å²) < 4.78 is 21.2. The highest BCUT2D eigenvalue weighted by atomic mass is 16.5. The van der Waals surface area contributed by atoms with Crippen LogP contribution < -0.4 is 14.2 Å². The molecule has 0 spiro atoms. The zero-order valence-corrected chi connectivity index (χ0v) is 19.9. The number of ether oxygens (including phenoxy) is 4. The molecule has 0 heterocycles. The fraction of sp³-hybridized carbons (Fsp3) is 0.680. The van der Waals surface area contributed by atoms with E-state index in [0.717, 1.165) is 31.5 Å². The zero-order valence-electron chi connectivity index (χ0n) is 19.9. The minimum atomic E-state index is -0.481. The van der Waals surface area contributed by atoms with Crippen molar-refractivity contribution in [3.05, 3.63) is 17.7 Å². The lowest BCUT2D eigenvalue weighted by atomic mass is 9.97. The molecule has 2 unspecified atom stereocenters. The van der Waals surface area contributed by atoms with E-state index in [1.165, 1.54) is 53.4 Å². The smallest absolute Gasteiger partial charge is 0.338 e. The molecule has 6 nitrogen and oxygen atoms in total. The van der Waals surface area contributed by atoms with Gasteiger partial charge in [0.1, 0.15) is 6.29 Å². The molecule has 0 amide bonds. The van der Waals surface area contributed by atoms with Crippen molar-refractivity contribution in [3.8, 4) is 17.2 Å². The number of carbonyl (C=O) groups is 2. The molecule has 0 aliphatic carbocycles. The molecular formula is C25H40O6. The maximum Gasteiger partial charge on any atom is 0.338 e. The molecule has 0 fully saturated rings. The van der Waals surface area contributed by atoms with Gasteiger partial charge in [-0.3, -0.25) is 0 Å². The molecule has 0 aliphatic rings. The lowest BCUT2D eigenvalue weighted by Gasteiger charge is -2.14. The third-order valence-electron chi connectivity index (χ3n) is 5.78. The van der Waals surface area contributed by atoms with E-state index in [-0.39, 0.29) is 12.5 Å². The predicted molar refractivity (Wildman–Crippen MR) is 122 cm³/mol. The van der Waals surface area contributed by atoms with Crippen LogP contribution in [0.5, 0.6) is 17.2 Å². The Balaban J connectivity index is 2.37. The largest absolute Gasteiger partial charge is 0.493 e. The van der Waals surface area contributed by atoms with E-state index in [1.807, 2.05) is 0 Å². The van der Waals surface area contributed by atoms with Gasteiger partial charge in [-0.2, -0.15) is 0 Å². The van der Waals surface area contributed by atoms with Gasteiger partial charge in [0.05, 0.1) is 33.5 Å². The van der Waals surface area contributed by atoms with Crippen molar-refractivity contribution in [1.82, 2.24) is 0 Å². The van der Waals surface area contributed by atoms with E-state index in [2.05, 4.69) is 13.8 Å². The second-order valence-electron chi connectivity index (χ2n) is 8.09. The number of hydrogen-bond donors (Lipinski definition) is 0. The molecule has 176 valence electrons. The topological polar surface area (TPSA) is 71.1 Å². The number of benzene rings is 1. The van der Waals surface area contributed by atoms with Crippen LogP contribution >= 0.6 is 0 Å². The quantitative estimate of drug-likeness (QED) is 0.173. The number of aldehydes is 1. The number of rotatable bonds is 17. The summed E-state index contributed by atoms with van der Waals surface area (Å²) in [6.45, 7) is 4.75. The van der Waals surface area contributed by atoms with Gasteiger partial charge in [-0.1, -0.05) is 58.8 Å². The minimum Gasteiger partial charge on any atom is -0.493 e. The number of unbranched alkanes of at least 4 members (excludes halogenated alkanes) is 4. The van der Waals surface area contributed by atoms with Gasteiger partial charge < -0.3 is 23.7 Å². The molecular weight excluding hydrogens is 396 g/mol. The standard InChI is InChI=1S/C25H40O6/c1-6-19(2)12-10-8-7-9-11-13-20(18-26)14-15-31-25(27)21-16-22(28-3)24(30-5)23(17-21)29-4/h16-20H,6-15H2,1-5H3. The monoisotopic (exact) mass is 436 g/mol. The van der Waals surface area contributed by atoms with Crippen LogP contribution in [0.3, 0.4) is 0 Å². The van der Waals surface area contributed by atoms with Crippen molar-refractivity contribution in [2.45, 2.75) is 71.6 Å². The maximum atomic E-state index is 12.4. The highest BCUT2D eigenvalue weighted by Crippen LogP contribution is 2.38. The third kappa shape index (κ3) is 9.62. The molecule has 31 heavy (non-hydrogen) atoms. The van der Waals surface area contributed by atoms with Crippen molar-refractivity contribution in [1.29, 1.82) is 0 Å². The van der Waals surface area contributed by atoms with Crippen LogP contribution in [0.4, 0.5) is 0 Å². The molecule has 0 aliphatic heterocycles. The number of carbonyl (C=O) groups excluding carboxylic acids is 2. The van der Waals surface area contributed by atoms with Gasteiger partial charge >= 0.3 is 5.97 Å². The van der Waals surface area contributed by atoms with E-state index in [1.54, 1.807) is 12.1 Å². The third-order valence-corrected chi connectivity index (χ3v) is 5.78. The number of hydrogen-bond acceptors (Lipinski definition) is 6. The molecule has 0 saturated carbocycles. The maximum absolute atomic E-state index is 12.4. The second-order valence-corrected chi connectivity index (χ2v) is 8.09. The Morgan fingerprint density at radius 1 is 0.903 bits per heavy atom. The summed E-state index contributed by atoms with van der Waals surface area (Å²) >= 11 is 0. The van der Waals surface area contributed by atoms with E-state index in [4.69, 9.17) is 18.9 Å². The minimum absolute atomic E-state index is 0.0761. The summed E-state index contributed by atoms with van der Waals surface area (Å²) in [7, 11) is 4.49. The number of methoxy groups -OCH3 is 3. The zero-order chi connectivity index (χ0) is 23.1. The summed E-state index contributed by atoms with van der Waals surface area (Å²) in [6.07, 6.45) is 10.9. The van der Waals surface area contributed by atoms with E-state index >= 15 is 0 Å². The van der Waals surface area contributed by atoms with Crippen molar-refractivity contribution in [3.63, 3.8) is 0 Å². The van der Waals surface area contributed by atoms with Crippen LogP contribution in [0.2, 0.25) is 0 Å². The average molecular weight is 437 g/mol. The van der Waals surface area contributed by atoms with Gasteiger partial charge in [0.2, 0.25) is 5.75 Å². The summed E-state index contributed by atoms with van der Waals surface area (Å²) in [5.74, 6) is 1.47. The highest BCUT2D eigenvalue weighted by molar-refractivity contribution is 5.91. The predicted octanol–water partition coefficient (Wildman–Crippen LogP) is 5.85. The first-order valence-corrected chi connectivity index (χ1v) is 11.4. The molecule has 0 radical (unpaired) electrons. The van der Waals surface area contributed by atoms with Crippen LogP contribution in [0.15, 0.2) is 12.1 Å². The van der Waals surface area contributed by atoms with Crippen molar-refractivity contribution < 1.29 is 28.5 Å². The van der Waals surface area contributed by atoms with Crippen molar-refractivity contribution >= 4 is 12.3 Å². The van der Waals surface area contributed by atoms with Crippen LogP contribution in [0.1, 0.15) is 82.0 Å². The first-order chi connectivity index (χ1) is 15.0.